The molecule has 2 aromatic heterocycles. The average molecular weight is 953 g/mol. The third-order valence-corrected chi connectivity index (χ3v) is 19.3. The summed E-state index contributed by atoms with van der Waals surface area (Å²) in [6.07, 6.45) is 0. The number of nitrogens with zero attached hydrogens (tertiary/aromatic N) is 2. The van der Waals surface area contributed by atoms with E-state index in [0.717, 1.165) is 67.2 Å². The quantitative estimate of drug-likeness (QED) is 0.142. The summed E-state index contributed by atoms with van der Waals surface area (Å²) < 4.78 is 14.3. The maximum absolute atomic E-state index is 7.17. The van der Waals surface area contributed by atoms with Crippen LogP contribution in [-0.2, 0) is 5.41 Å². The highest BCUT2D eigenvalue weighted by Gasteiger charge is 2.41. The molecule has 0 saturated heterocycles. The fourth-order valence-electron chi connectivity index (χ4n) is 11.9. The predicted molar refractivity (Wildman–Crippen MR) is 309 cm³/mol. The van der Waals surface area contributed by atoms with Gasteiger partial charge in [-0.2, -0.15) is 0 Å². The molecule has 0 unspecified atom stereocenters. The molecule has 0 N–H and O–H groups in total. The zero-order valence-corrected chi connectivity index (χ0v) is 43.7. The van der Waals surface area contributed by atoms with Crippen molar-refractivity contribution in [3.05, 3.63) is 205 Å². The molecule has 2 heterocycles. The van der Waals surface area contributed by atoms with E-state index in [9.17, 15) is 0 Å². The Bertz CT molecular complexity index is 3850. The number of fused-ring (bicyclic) bond motifs is 13. The second-order valence-electron chi connectivity index (χ2n) is 22.1. The largest absolute Gasteiger partial charge is 0.454 e. The van der Waals surface area contributed by atoms with Crippen LogP contribution in [0.4, 0.5) is 34.1 Å². The van der Waals surface area contributed by atoms with Crippen LogP contribution < -0.4 is 20.2 Å². The minimum atomic E-state index is -1.74. The molecule has 0 radical (unpaired) electrons. The summed E-state index contributed by atoms with van der Waals surface area (Å²) in [6.45, 7) is 19.2. The standard InChI is InChI=1S/C65H56N2O2Si2/c1-65(2)51-39-55(66(41-23-11-9-12-24-41)53-35-19-31-47-49-33-21-37-57(70(3,4)5)63(49)68-61(47)53)43-27-15-17-29-45(43)59(51)60-46-30-18-16-28-44(46)56(40-52(60)65)67(42-25-13-10-14-26-42)54-36-20-32-48-50-34-22-38-58(71(6,7)8)64(50)69-62(48)54/h9-40H,1-8H3. The van der Waals surface area contributed by atoms with Crippen LogP contribution in [0.2, 0.25) is 39.3 Å². The predicted octanol–water partition coefficient (Wildman–Crippen LogP) is 18.1. The van der Waals surface area contributed by atoms with Crippen molar-refractivity contribution in [3.63, 3.8) is 0 Å². The van der Waals surface area contributed by atoms with Crippen molar-refractivity contribution in [1.29, 1.82) is 0 Å². The van der Waals surface area contributed by atoms with E-state index in [2.05, 4.69) is 257 Å². The van der Waals surface area contributed by atoms with Crippen LogP contribution in [0, 0.1) is 0 Å². The lowest BCUT2D eigenvalue weighted by molar-refractivity contribution is 0.661. The minimum Gasteiger partial charge on any atom is -0.454 e. The maximum Gasteiger partial charge on any atom is 0.159 e. The summed E-state index contributed by atoms with van der Waals surface area (Å²) in [5.74, 6) is 0. The molecular weight excluding hydrogens is 897 g/mol. The van der Waals surface area contributed by atoms with Gasteiger partial charge < -0.3 is 18.6 Å². The Morgan fingerprint density at radius 1 is 0.324 bits per heavy atom. The zero-order chi connectivity index (χ0) is 48.6. The number of rotatable bonds is 8. The van der Waals surface area contributed by atoms with E-state index in [1.54, 1.807) is 0 Å². The first-order chi connectivity index (χ1) is 34.3. The molecule has 346 valence electrons. The minimum absolute atomic E-state index is 0.401. The summed E-state index contributed by atoms with van der Waals surface area (Å²) in [5, 5.41) is 12.1. The van der Waals surface area contributed by atoms with Gasteiger partial charge in [0.2, 0.25) is 0 Å². The molecule has 0 bridgehead atoms. The molecule has 0 aliphatic heterocycles. The maximum atomic E-state index is 7.17. The van der Waals surface area contributed by atoms with Crippen LogP contribution >= 0.6 is 0 Å². The molecule has 0 fully saturated rings. The van der Waals surface area contributed by atoms with E-state index < -0.39 is 21.6 Å². The van der Waals surface area contributed by atoms with E-state index >= 15 is 0 Å². The van der Waals surface area contributed by atoms with Crippen LogP contribution in [0.25, 0.3) is 76.5 Å². The number of anilines is 6. The lowest BCUT2D eigenvalue weighted by atomic mass is 9.81. The van der Waals surface area contributed by atoms with E-state index in [1.165, 1.54) is 64.9 Å². The molecule has 0 spiro atoms. The first-order valence-electron chi connectivity index (χ1n) is 25.0. The second kappa shape index (κ2) is 15.7. The molecule has 10 aromatic carbocycles. The summed E-state index contributed by atoms with van der Waals surface area (Å²) in [7, 11) is -3.48. The van der Waals surface area contributed by atoms with Gasteiger partial charge in [0.25, 0.3) is 0 Å². The highest BCUT2D eigenvalue weighted by atomic mass is 28.3. The lowest BCUT2D eigenvalue weighted by Gasteiger charge is -2.30. The molecule has 1 aliphatic carbocycles. The highest BCUT2D eigenvalue weighted by Crippen LogP contribution is 2.59. The van der Waals surface area contributed by atoms with E-state index in [4.69, 9.17) is 8.83 Å². The SMILES string of the molecule is CC1(C)c2cc(N(c3ccccc3)c3cccc4c3oc3c([Si](C)(C)C)cccc34)c3ccccc3c2-c2c1cc(N(c1ccccc1)c1cccc3c1oc1c([Si](C)(C)C)cccc13)c1ccccc21. The van der Waals surface area contributed by atoms with Gasteiger partial charge >= 0.3 is 0 Å². The Kier molecular flexibility index (Phi) is 9.58. The fraction of sp³-hybridized carbons (Fsp3) is 0.138. The van der Waals surface area contributed by atoms with Gasteiger partial charge in [-0.1, -0.05) is 199 Å². The highest BCUT2D eigenvalue weighted by molar-refractivity contribution is 6.90. The van der Waals surface area contributed by atoms with Crippen LogP contribution in [0.3, 0.4) is 0 Å². The molecular formula is C65H56N2O2Si2. The Balaban J connectivity index is 1.07. The fourth-order valence-corrected chi connectivity index (χ4v) is 14.8. The normalized spacial score (nSPS) is 13.5. The Morgan fingerprint density at radius 2 is 0.648 bits per heavy atom. The first-order valence-corrected chi connectivity index (χ1v) is 32.0. The number of hydrogen-bond donors (Lipinski definition) is 0. The Labute approximate surface area is 417 Å². The van der Waals surface area contributed by atoms with Crippen LogP contribution in [0.15, 0.2) is 203 Å². The zero-order valence-electron chi connectivity index (χ0n) is 41.7. The number of benzene rings is 10. The third-order valence-electron chi connectivity index (χ3n) is 15.3. The average Bonchev–Trinajstić information content (AvgIpc) is 4.03. The van der Waals surface area contributed by atoms with Crippen molar-refractivity contribution >= 4 is 126 Å². The van der Waals surface area contributed by atoms with Crippen molar-refractivity contribution in [3.8, 4) is 11.1 Å². The van der Waals surface area contributed by atoms with Gasteiger partial charge in [0.05, 0.1) is 38.9 Å². The molecule has 0 saturated carbocycles. The topological polar surface area (TPSA) is 32.8 Å². The third kappa shape index (κ3) is 6.54. The Hall–Kier alpha value is -7.65. The smallest absolute Gasteiger partial charge is 0.159 e. The molecule has 0 amide bonds. The van der Waals surface area contributed by atoms with E-state index in [0.29, 0.717) is 0 Å². The molecule has 71 heavy (non-hydrogen) atoms. The van der Waals surface area contributed by atoms with Crippen molar-refractivity contribution in [2.75, 3.05) is 9.80 Å². The second-order valence-corrected chi connectivity index (χ2v) is 32.1. The number of hydrogen-bond acceptors (Lipinski definition) is 4. The molecule has 13 rings (SSSR count). The van der Waals surface area contributed by atoms with Gasteiger partial charge in [-0.15, -0.1) is 0 Å². The number of furan rings is 2. The summed E-state index contributed by atoms with van der Waals surface area (Å²) in [4.78, 5) is 4.89. The van der Waals surface area contributed by atoms with E-state index in [1.807, 2.05) is 0 Å². The van der Waals surface area contributed by atoms with Crippen molar-refractivity contribution in [2.24, 2.45) is 0 Å². The van der Waals surface area contributed by atoms with Crippen molar-refractivity contribution in [1.82, 2.24) is 0 Å². The van der Waals surface area contributed by atoms with Gasteiger partial charge in [0.15, 0.2) is 11.2 Å². The van der Waals surface area contributed by atoms with Gasteiger partial charge in [-0.3, -0.25) is 0 Å². The van der Waals surface area contributed by atoms with Crippen molar-refractivity contribution < 1.29 is 8.83 Å². The summed E-state index contributed by atoms with van der Waals surface area (Å²) >= 11 is 0. The Morgan fingerprint density at radius 3 is 1.03 bits per heavy atom. The van der Waals surface area contributed by atoms with Gasteiger partial charge in [-0.05, 0) is 91.9 Å². The molecule has 6 heteroatoms. The van der Waals surface area contributed by atoms with Gasteiger partial charge in [0, 0.05) is 49.1 Å². The molecule has 4 nitrogen and oxygen atoms in total. The van der Waals surface area contributed by atoms with Gasteiger partial charge in [-0.25, -0.2) is 0 Å². The summed E-state index contributed by atoms with van der Waals surface area (Å²) in [6, 6.07) is 71.5. The van der Waals surface area contributed by atoms with E-state index in [-0.39, 0.29) is 0 Å². The molecule has 12 aromatic rings. The first kappa shape index (κ1) is 43.4. The number of para-hydroxylation sites is 6. The lowest BCUT2D eigenvalue weighted by Crippen LogP contribution is -2.37. The van der Waals surface area contributed by atoms with Crippen molar-refractivity contribution in [2.45, 2.75) is 58.5 Å². The van der Waals surface area contributed by atoms with Crippen LogP contribution in [0.1, 0.15) is 25.0 Å². The summed E-state index contributed by atoms with van der Waals surface area (Å²) in [5.41, 5.74) is 15.0. The van der Waals surface area contributed by atoms with Crippen LogP contribution in [-0.4, -0.2) is 16.1 Å². The molecule has 0 atom stereocenters. The molecule has 1 aliphatic rings. The van der Waals surface area contributed by atoms with Gasteiger partial charge in [0.1, 0.15) is 11.2 Å². The monoisotopic (exact) mass is 952 g/mol. The van der Waals surface area contributed by atoms with Crippen LogP contribution in [0.5, 0.6) is 0 Å².